The zero-order valence-corrected chi connectivity index (χ0v) is 19.1. The Morgan fingerprint density at radius 1 is 1.12 bits per heavy atom. The van der Waals surface area contributed by atoms with E-state index < -0.39 is 32.5 Å². The van der Waals surface area contributed by atoms with Gasteiger partial charge in [0.2, 0.25) is 15.0 Å². The van der Waals surface area contributed by atoms with Crippen LogP contribution in [0.1, 0.15) is 33.6 Å². The highest BCUT2D eigenvalue weighted by atomic mass is 32.2. The van der Waals surface area contributed by atoms with Crippen LogP contribution in [0.25, 0.3) is 0 Å². The number of benzene rings is 2. The molecule has 0 spiro atoms. The van der Waals surface area contributed by atoms with Gasteiger partial charge >= 0.3 is 0 Å². The van der Waals surface area contributed by atoms with Crippen molar-refractivity contribution in [1.82, 2.24) is 14.5 Å². The van der Waals surface area contributed by atoms with E-state index in [9.17, 15) is 22.0 Å². The smallest absolute Gasteiger partial charge is 0.286 e. The zero-order chi connectivity index (χ0) is 23.6. The van der Waals surface area contributed by atoms with E-state index in [-0.39, 0.29) is 24.0 Å². The van der Waals surface area contributed by atoms with Crippen molar-refractivity contribution < 1.29 is 26.7 Å². The Hall–Kier alpha value is -2.96. The number of anilines is 1. The maximum Gasteiger partial charge on any atom is 0.286 e. The number of carbonyl (C=O) groups is 1. The lowest BCUT2D eigenvalue weighted by atomic mass is 9.99. The fourth-order valence-corrected chi connectivity index (χ4v) is 5.94. The third kappa shape index (κ3) is 5.02. The van der Waals surface area contributed by atoms with Crippen molar-refractivity contribution in [3.05, 3.63) is 64.1 Å². The summed E-state index contributed by atoms with van der Waals surface area (Å²) < 4.78 is 58.9. The lowest BCUT2D eigenvalue weighted by Crippen LogP contribution is -2.38. The summed E-state index contributed by atoms with van der Waals surface area (Å²) in [6.45, 7) is 0.299. The molecule has 1 aliphatic heterocycles. The topological polar surface area (TPSA) is 101 Å². The molecule has 174 valence electrons. The van der Waals surface area contributed by atoms with Crippen LogP contribution in [0.15, 0.2) is 47.4 Å². The van der Waals surface area contributed by atoms with E-state index in [0.717, 1.165) is 23.5 Å². The molecule has 0 unspecified atom stereocenters. The molecule has 12 heteroatoms. The van der Waals surface area contributed by atoms with E-state index in [4.69, 9.17) is 4.74 Å². The van der Waals surface area contributed by atoms with Crippen LogP contribution in [0.5, 0.6) is 5.75 Å². The van der Waals surface area contributed by atoms with Crippen LogP contribution in [0.2, 0.25) is 0 Å². The molecule has 33 heavy (non-hydrogen) atoms. The van der Waals surface area contributed by atoms with Crippen LogP contribution in [0, 0.1) is 11.6 Å². The molecule has 0 aliphatic carbocycles. The second-order valence-electron chi connectivity index (χ2n) is 7.38. The average Bonchev–Trinajstić information content (AvgIpc) is 3.30. The minimum absolute atomic E-state index is 0.0745. The van der Waals surface area contributed by atoms with E-state index in [1.54, 1.807) is 31.4 Å². The van der Waals surface area contributed by atoms with Crippen LogP contribution in [-0.4, -0.2) is 49.0 Å². The summed E-state index contributed by atoms with van der Waals surface area (Å²) in [7, 11) is -2.52. The molecule has 2 heterocycles. The van der Waals surface area contributed by atoms with Gasteiger partial charge in [-0.05, 0) is 49.2 Å². The Balaban J connectivity index is 1.38. The number of rotatable bonds is 6. The number of sulfonamides is 1. The first kappa shape index (κ1) is 23.2. The van der Waals surface area contributed by atoms with E-state index in [1.807, 2.05) is 0 Å². The quantitative estimate of drug-likeness (QED) is 0.562. The largest absolute Gasteiger partial charge is 0.497 e. The number of carbonyl (C=O) groups excluding carboxylic acids is 1. The van der Waals surface area contributed by atoms with Gasteiger partial charge in [0.1, 0.15) is 27.3 Å². The highest BCUT2D eigenvalue weighted by Crippen LogP contribution is 2.33. The number of ether oxygens (including phenoxy) is 1. The predicted octanol–water partition coefficient (Wildman–Crippen LogP) is 3.65. The van der Waals surface area contributed by atoms with Crippen molar-refractivity contribution in [3.63, 3.8) is 0 Å². The lowest BCUT2D eigenvalue weighted by molar-refractivity contribution is 0.102. The molecule has 2 aromatic carbocycles. The molecule has 0 atom stereocenters. The molecular formula is C21H20F2N4O4S2. The molecule has 1 fully saturated rings. The van der Waals surface area contributed by atoms with Gasteiger partial charge in [-0.15, -0.1) is 10.2 Å². The summed E-state index contributed by atoms with van der Waals surface area (Å²) in [6, 6.07) is 9.27. The van der Waals surface area contributed by atoms with Crippen LogP contribution >= 0.6 is 11.3 Å². The lowest BCUT2D eigenvalue weighted by Gasteiger charge is -2.30. The molecule has 1 N–H and O–H groups in total. The maximum absolute atomic E-state index is 14.0. The predicted molar refractivity (Wildman–Crippen MR) is 118 cm³/mol. The first-order valence-corrected chi connectivity index (χ1v) is 12.3. The second kappa shape index (κ2) is 9.49. The van der Waals surface area contributed by atoms with Crippen LogP contribution < -0.4 is 10.1 Å². The highest BCUT2D eigenvalue weighted by Gasteiger charge is 2.33. The molecule has 8 nitrogen and oxygen atoms in total. The van der Waals surface area contributed by atoms with Crippen LogP contribution in [0.4, 0.5) is 14.5 Å². The number of piperidine rings is 1. The monoisotopic (exact) mass is 494 g/mol. The Labute approximate surface area is 193 Å². The van der Waals surface area contributed by atoms with Gasteiger partial charge in [-0.3, -0.25) is 4.79 Å². The molecule has 1 aromatic heterocycles. The minimum atomic E-state index is -4.08. The van der Waals surface area contributed by atoms with Gasteiger partial charge in [-0.25, -0.2) is 17.2 Å². The summed E-state index contributed by atoms with van der Waals surface area (Å²) >= 11 is 1.15. The second-order valence-corrected chi connectivity index (χ2v) is 10.3. The molecule has 1 aliphatic rings. The average molecular weight is 495 g/mol. The zero-order valence-electron chi connectivity index (χ0n) is 17.5. The molecule has 1 amide bonds. The molecule has 0 saturated carbocycles. The van der Waals surface area contributed by atoms with Crippen LogP contribution in [-0.2, 0) is 10.0 Å². The van der Waals surface area contributed by atoms with Gasteiger partial charge in [0.15, 0.2) is 0 Å². The third-order valence-electron chi connectivity index (χ3n) is 5.30. The number of methoxy groups -OCH3 is 1. The van der Waals surface area contributed by atoms with Crippen molar-refractivity contribution in [3.8, 4) is 5.75 Å². The van der Waals surface area contributed by atoms with Gasteiger partial charge in [-0.1, -0.05) is 11.3 Å². The van der Waals surface area contributed by atoms with E-state index in [2.05, 4.69) is 15.5 Å². The minimum Gasteiger partial charge on any atom is -0.497 e. The fourth-order valence-electron chi connectivity index (χ4n) is 3.52. The number of halogens is 2. The SMILES string of the molecule is COc1ccc(NC(=O)c2nnc(C3CCN(S(=O)(=O)c4ccc(F)cc4F)CC3)s2)cc1. The van der Waals surface area contributed by atoms with Crippen molar-refractivity contribution in [2.24, 2.45) is 0 Å². The molecule has 3 aromatic rings. The van der Waals surface area contributed by atoms with Gasteiger partial charge in [-0.2, -0.15) is 4.31 Å². The van der Waals surface area contributed by atoms with Crippen molar-refractivity contribution in [2.45, 2.75) is 23.7 Å². The Kier molecular flexibility index (Phi) is 6.68. The first-order valence-electron chi connectivity index (χ1n) is 10.0. The van der Waals surface area contributed by atoms with Gasteiger partial charge < -0.3 is 10.1 Å². The number of hydrogen-bond donors (Lipinski definition) is 1. The Morgan fingerprint density at radius 3 is 2.45 bits per heavy atom. The molecule has 0 radical (unpaired) electrons. The molecular weight excluding hydrogens is 474 g/mol. The molecule has 0 bridgehead atoms. The summed E-state index contributed by atoms with van der Waals surface area (Å²) in [5.74, 6) is -1.76. The molecule has 4 rings (SSSR count). The Morgan fingerprint density at radius 2 is 1.82 bits per heavy atom. The third-order valence-corrected chi connectivity index (χ3v) is 8.31. The van der Waals surface area contributed by atoms with Crippen molar-refractivity contribution in [1.29, 1.82) is 0 Å². The van der Waals surface area contributed by atoms with Crippen molar-refractivity contribution in [2.75, 3.05) is 25.5 Å². The van der Waals surface area contributed by atoms with E-state index in [0.29, 0.717) is 35.4 Å². The number of nitrogens with zero attached hydrogens (tertiary/aromatic N) is 3. The molecule has 1 saturated heterocycles. The van der Waals surface area contributed by atoms with Gasteiger partial charge in [0, 0.05) is 30.8 Å². The number of aromatic nitrogens is 2. The van der Waals surface area contributed by atoms with Crippen LogP contribution in [0.3, 0.4) is 0 Å². The highest BCUT2D eigenvalue weighted by molar-refractivity contribution is 7.89. The van der Waals surface area contributed by atoms with Crippen molar-refractivity contribution >= 4 is 33.0 Å². The summed E-state index contributed by atoms with van der Waals surface area (Å²) in [5, 5.41) is 11.7. The standard InChI is InChI=1S/C21H20F2N4O4S2/c1-31-16-5-3-15(4-6-16)24-19(28)21-26-25-20(32-21)13-8-10-27(11-9-13)33(29,30)18-7-2-14(22)12-17(18)23/h2-7,12-13H,8-11H2,1H3,(H,24,28). The maximum atomic E-state index is 14.0. The number of hydrogen-bond acceptors (Lipinski definition) is 7. The Bertz CT molecular complexity index is 1260. The van der Waals surface area contributed by atoms with Gasteiger partial charge in [0.25, 0.3) is 5.91 Å². The normalized spacial score (nSPS) is 15.4. The summed E-state index contributed by atoms with van der Waals surface area (Å²) in [5.41, 5.74) is 0.587. The first-order chi connectivity index (χ1) is 15.8. The van der Waals surface area contributed by atoms with Gasteiger partial charge in [0.05, 0.1) is 7.11 Å². The fraction of sp³-hybridized carbons (Fsp3) is 0.286. The van der Waals surface area contributed by atoms with E-state index >= 15 is 0 Å². The number of amides is 1. The summed E-state index contributed by atoms with van der Waals surface area (Å²) in [4.78, 5) is 11.9. The number of nitrogens with one attached hydrogen (secondary N) is 1. The van der Waals surface area contributed by atoms with E-state index in [1.165, 1.54) is 4.31 Å². The summed E-state index contributed by atoms with van der Waals surface area (Å²) in [6.07, 6.45) is 0.882.